The molecular formula is C12H12N2O4. The summed E-state index contributed by atoms with van der Waals surface area (Å²) in [5.74, 6) is -1.17. The monoisotopic (exact) mass is 248 g/mol. The van der Waals surface area contributed by atoms with E-state index in [1.165, 1.54) is 14.2 Å². The van der Waals surface area contributed by atoms with Gasteiger partial charge < -0.3 is 19.0 Å². The average Bonchev–Trinajstić information content (AvgIpc) is 2.76. The van der Waals surface area contributed by atoms with Crippen molar-refractivity contribution in [3.8, 4) is 0 Å². The van der Waals surface area contributed by atoms with E-state index >= 15 is 0 Å². The zero-order chi connectivity index (χ0) is 13.3. The van der Waals surface area contributed by atoms with Crippen LogP contribution < -0.4 is 4.57 Å². The number of H-pyrrole nitrogens is 1. The number of aromatic nitrogens is 2. The predicted molar refractivity (Wildman–Crippen MR) is 61.0 cm³/mol. The highest BCUT2D eigenvalue weighted by molar-refractivity contribution is 6.06. The van der Waals surface area contributed by atoms with E-state index in [0.717, 1.165) is 5.52 Å². The summed E-state index contributed by atoms with van der Waals surface area (Å²) in [4.78, 5) is 26.2. The van der Waals surface area contributed by atoms with Crippen molar-refractivity contribution in [1.82, 2.24) is 4.98 Å². The molecule has 0 aliphatic carbocycles. The highest BCUT2D eigenvalue weighted by atomic mass is 16.5. The Labute approximate surface area is 103 Å². The first kappa shape index (κ1) is 12.1. The lowest BCUT2D eigenvalue weighted by molar-refractivity contribution is -0.649. The van der Waals surface area contributed by atoms with Gasteiger partial charge in [0.05, 0.1) is 32.4 Å². The molecule has 0 atom stereocenters. The molecule has 6 nitrogen and oxygen atoms in total. The van der Waals surface area contributed by atoms with E-state index in [1.54, 1.807) is 23.7 Å². The van der Waals surface area contributed by atoms with E-state index in [2.05, 4.69) is 20.8 Å². The smallest absolute Gasteiger partial charge is 0.337 e. The van der Waals surface area contributed by atoms with Crippen LogP contribution >= 0.6 is 0 Å². The van der Waals surface area contributed by atoms with Gasteiger partial charge in [-0.2, -0.15) is 0 Å². The molecule has 2 aromatic rings. The van der Waals surface area contributed by atoms with Gasteiger partial charge in [0.15, 0.2) is 0 Å². The Bertz CT molecular complexity index is 630. The molecule has 0 unspecified atom stereocenters. The zero-order valence-corrected chi connectivity index (χ0v) is 10.2. The van der Waals surface area contributed by atoms with Gasteiger partial charge in [0.2, 0.25) is 6.33 Å². The van der Waals surface area contributed by atoms with Crippen LogP contribution in [0.4, 0.5) is 0 Å². The number of rotatable bonds is 2. The van der Waals surface area contributed by atoms with Gasteiger partial charge in [-0.3, -0.25) is 0 Å². The molecule has 0 saturated carbocycles. The molecule has 0 radical (unpaired) electrons. The first-order chi connectivity index (χ1) is 8.58. The topological polar surface area (TPSA) is 72.3 Å². The Hall–Kier alpha value is -2.37. The molecule has 1 aromatic heterocycles. The Morgan fingerprint density at radius 1 is 1.17 bits per heavy atom. The molecule has 1 N–H and O–H groups in total. The number of aromatic amines is 1. The molecule has 0 fully saturated rings. The lowest BCUT2D eigenvalue weighted by atomic mass is 10.1. The van der Waals surface area contributed by atoms with Crippen LogP contribution in [0.2, 0.25) is 0 Å². The minimum atomic E-state index is -0.588. The summed E-state index contributed by atoms with van der Waals surface area (Å²) in [6, 6.07) is 3.12. The Balaban J connectivity index is 2.73. The normalized spacial score (nSPS) is 10.4. The van der Waals surface area contributed by atoms with Crippen molar-refractivity contribution in [2.75, 3.05) is 14.2 Å². The van der Waals surface area contributed by atoms with Crippen molar-refractivity contribution in [1.29, 1.82) is 0 Å². The van der Waals surface area contributed by atoms with E-state index in [4.69, 9.17) is 0 Å². The number of hydrogen-bond donors (Lipinski definition) is 1. The van der Waals surface area contributed by atoms with Crippen LogP contribution in [0.15, 0.2) is 12.1 Å². The van der Waals surface area contributed by atoms with Gasteiger partial charge in [-0.1, -0.05) is 12.1 Å². The molecule has 0 aliphatic rings. The van der Waals surface area contributed by atoms with Crippen LogP contribution in [0.3, 0.4) is 0 Å². The minimum Gasteiger partial charge on any atom is -0.465 e. The summed E-state index contributed by atoms with van der Waals surface area (Å²) < 4.78 is 11.0. The summed E-state index contributed by atoms with van der Waals surface area (Å²) in [6.07, 6.45) is 2.83. The summed E-state index contributed by atoms with van der Waals surface area (Å²) in [5, 5.41) is 0. The molecule has 18 heavy (non-hydrogen) atoms. The minimum absolute atomic E-state index is 0.160. The fourth-order valence-electron chi connectivity index (χ4n) is 1.73. The largest absolute Gasteiger partial charge is 0.465 e. The first-order valence-electron chi connectivity index (χ1n) is 5.18. The van der Waals surface area contributed by atoms with Gasteiger partial charge in [0, 0.05) is 11.0 Å². The van der Waals surface area contributed by atoms with E-state index in [-0.39, 0.29) is 11.1 Å². The van der Waals surface area contributed by atoms with Crippen molar-refractivity contribution < 1.29 is 23.6 Å². The van der Waals surface area contributed by atoms with Crippen LogP contribution in [0.5, 0.6) is 0 Å². The Morgan fingerprint density at radius 3 is 2.28 bits per heavy atom. The first-order valence-corrected chi connectivity index (χ1v) is 5.18. The maximum atomic E-state index is 11.7. The van der Waals surface area contributed by atoms with Crippen LogP contribution in [-0.4, -0.2) is 31.1 Å². The average molecular weight is 248 g/mol. The number of fused-ring (bicyclic) bond motifs is 1. The summed E-state index contributed by atoms with van der Waals surface area (Å²) in [6.45, 7) is 0. The molecule has 1 aromatic carbocycles. The zero-order valence-electron chi connectivity index (χ0n) is 10.2. The van der Waals surface area contributed by atoms with E-state index in [9.17, 15) is 9.59 Å². The molecule has 1 heterocycles. The van der Waals surface area contributed by atoms with E-state index in [0.29, 0.717) is 5.52 Å². The summed E-state index contributed by atoms with van der Waals surface area (Å²) >= 11 is 0. The van der Waals surface area contributed by atoms with Crippen molar-refractivity contribution in [3.05, 3.63) is 29.6 Å². The van der Waals surface area contributed by atoms with E-state index in [1.807, 2.05) is 0 Å². The second-order valence-corrected chi connectivity index (χ2v) is 3.69. The van der Waals surface area contributed by atoms with Gasteiger partial charge >= 0.3 is 11.9 Å². The van der Waals surface area contributed by atoms with Gasteiger partial charge in [-0.05, 0) is 0 Å². The molecule has 0 bridgehead atoms. The SMILES string of the molecule is COC(=O)c1cc2[nH][c-][n+](C)c2cc1C(=O)OC. The molecule has 6 heteroatoms. The van der Waals surface area contributed by atoms with Crippen LogP contribution in [0.1, 0.15) is 20.7 Å². The van der Waals surface area contributed by atoms with Crippen LogP contribution in [-0.2, 0) is 16.5 Å². The fourth-order valence-corrected chi connectivity index (χ4v) is 1.73. The second-order valence-electron chi connectivity index (χ2n) is 3.69. The lowest BCUT2D eigenvalue weighted by Crippen LogP contribution is -2.26. The van der Waals surface area contributed by atoms with Crippen molar-refractivity contribution in [3.63, 3.8) is 0 Å². The molecule has 0 aliphatic heterocycles. The number of esters is 2. The van der Waals surface area contributed by atoms with Gasteiger partial charge in [0.25, 0.3) is 0 Å². The Morgan fingerprint density at radius 2 is 1.72 bits per heavy atom. The third kappa shape index (κ3) is 1.81. The third-order valence-corrected chi connectivity index (χ3v) is 2.67. The van der Waals surface area contributed by atoms with Crippen LogP contribution in [0, 0.1) is 6.33 Å². The maximum absolute atomic E-state index is 11.7. The molecule has 0 amide bonds. The van der Waals surface area contributed by atoms with Crippen molar-refractivity contribution in [2.24, 2.45) is 7.05 Å². The molecule has 0 spiro atoms. The number of hydrogen-bond acceptors (Lipinski definition) is 4. The quantitative estimate of drug-likeness (QED) is 0.473. The van der Waals surface area contributed by atoms with Crippen molar-refractivity contribution >= 4 is 23.0 Å². The summed E-state index contributed by atoms with van der Waals surface area (Å²) in [5.41, 5.74) is 1.75. The molecule has 94 valence electrons. The number of aryl methyl sites for hydroxylation is 1. The standard InChI is InChI=1S/C12H12N2O4/c1-14-6-13-9-4-7(11(15)17-2)8(5-10(9)14)12(16)18-3/h4-5,13H,1-3H3. The molecular weight excluding hydrogens is 236 g/mol. The van der Waals surface area contributed by atoms with Crippen molar-refractivity contribution in [2.45, 2.75) is 0 Å². The number of carbonyl (C=O) groups excluding carboxylic acids is 2. The third-order valence-electron chi connectivity index (χ3n) is 2.67. The lowest BCUT2D eigenvalue weighted by Gasteiger charge is -2.08. The second kappa shape index (κ2) is 4.48. The number of ether oxygens (including phenoxy) is 2. The van der Waals surface area contributed by atoms with E-state index < -0.39 is 11.9 Å². The number of carbonyl (C=O) groups is 2. The van der Waals surface area contributed by atoms with Gasteiger partial charge in [-0.25, -0.2) is 9.59 Å². The fraction of sp³-hybridized carbons (Fsp3) is 0.250. The highest BCUT2D eigenvalue weighted by Gasteiger charge is 2.19. The maximum Gasteiger partial charge on any atom is 0.337 e. The number of methoxy groups -OCH3 is 2. The molecule has 2 rings (SSSR count). The van der Waals surface area contributed by atoms with Gasteiger partial charge in [-0.15, -0.1) is 0 Å². The Kier molecular flexibility index (Phi) is 3.01. The predicted octanol–water partition coefficient (Wildman–Crippen LogP) is 0.366. The highest BCUT2D eigenvalue weighted by Crippen LogP contribution is 2.18. The number of nitrogens with one attached hydrogen (secondary N) is 1. The number of nitrogens with zero attached hydrogens (tertiary/aromatic N) is 1. The van der Waals surface area contributed by atoms with Gasteiger partial charge in [0.1, 0.15) is 0 Å². The number of benzene rings is 1. The number of imidazole rings is 1. The summed E-state index contributed by atoms with van der Waals surface area (Å²) in [7, 11) is 4.29. The molecule has 0 saturated heterocycles. The van der Waals surface area contributed by atoms with Crippen LogP contribution in [0.25, 0.3) is 11.0 Å².